The number of aryl methyl sites for hydroxylation is 2. The number of carbonyl (C=O) groups is 1. The summed E-state index contributed by atoms with van der Waals surface area (Å²) in [7, 11) is 0. The van der Waals surface area contributed by atoms with E-state index in [1.54, 1.807) is 13.0 Å². The van der Waals surface area contributed by atoms with Crippen LogP contribution in [0.3, 0.4) is 0 Å². The molecule has 2 aromatic rings. The van der Waals surface area contributed by atoms with E-state index in [2.05, 4.69) is 34.7 Å². The van der Waals surface area contributed by atoms with Gasteiger partial charge < -0.3 is 15.2 Å². The third-order valence-corrected chi connectivity index (χ3v) is 3.59. The maximum atomic E-state index is 11.8. The predicted molar refractivity (Wildman–Crippen MR) is 83.6 cm³/mol. The molecule has 120 valence electrons. The van der Waals surface area contributed by atoms with E-state index in [0.717, 1.165) is 5.56 Å². The van der Waals surface area contributed by atoms with Crippen LogP contribution in [0.15, 0.2) is 23.0 Å². The van der Waals surface area contributed by atoms with E-state index in [0.29, 0.717) is 24.5 Å². The number of rotatable bonds is 7. The molecule has 0 spiro atoms. The van der Waals surface area contributed by atoms with Gasteiger partial charge in [-0.15, -0.1) is 0 Å². The first-order valence-corrected chi connectivity index (χ1v) is 7.43. The van der Waals surface area contributed by atoms with Gasteiger partial charge in [0.1, 0.15) is 5.76 Å². The molecule has 2 heterocycles. The van der Waals surface area contributed by atoms with Gasteiger partial charge in [0.15, 0.2) is 5.82 Å². The van der Waals surface area contributed by atoms with E-state index in [4.69, 9.17) is 4.52 Å². The lowest BCUT2D eigenvalue weighted by Gasteiger charge is -2.21. The van der Waals surface area contributed by atoms with E-state index in [1.165, 1.54) is 0 Å². The second-order valence-electron chi connectivity index (χ2n) is 5.60. The van der Waals surface area contributed by atoms with Crippen molar-refractivity contribution in [2.24, 2.45) is 0 Å². The number of anilines is 1. The normalized spacial score (nSPS) is 13.8. The number of hydrogen-bond acceptors (Lipinski definition) is 5. The van der Waals surface area contributed by atoms with Crippen LogP contribution in [0.25, 0.3) is 0 Å². The van der Waals surface area contributed by atoms with Crippen LogP contribution in [0.1, 0.15) is 37.6 Å². The first-order chi connectivity index (χ1) is 10.5. The molecular formula is C15H23N5O2. The van der Waals surface area contributed by atoms with Crippen molar-refractivity contribution in [3.63, 3.8) is 0 Å². The number of hydrogen-bond donors (Lipinski definition) is 2. The summed E-state index contributed by atoms with van der Waals surface area (Å²) in [5.41, 5.74) is 1.14. The molecular weight excluding hydrogens is 282 g/mol. The van der Waals surface area contributed by atoms with E-state index in [9.17, 15) is 4.79 Å². The summed E-state index contributed by atoms with van der Waals surface area (Å²) in [5, 5.41) is 14.1. The Labute approximate surface area is 130 Å². The maximum Gasteiger partial charge on any atom is 0.226 e. The van der Waals surface area contributed by atoms with Crippen LogP contribution in [0.5, 0.6) is 0 Å². The Morgan fingerprint density at radius 2 is 2.18 bits per heavy atom. The number of nitrogens with zero attached hydrogens (tertiary/aromatic N) is 3. The van der Waals surface area contributed by atoms with Gasteiger partial charge >= 0.3 is 0 Å². The topological polar surface area (TPSA) is 85.0 Å². The first kappa shape index (κ1) is 16.2. The lowest BCUT2D eigenvalue weighted by atomic mass is 10.1. The minimum atomic E-state index is -0.0874. The van der Waals surface area contributed by atoms with Crippen molar-refractivity contribution in [2.45, 2.75) is 46.2 Å². The minimum Gasteiger partial charge on any atom is -0.360 e. The van der Waals surface area contributed by atoms with Crippen molar-refractivity contribution in [1.29, 1.82) is 0 Å². The zero-order chi connectivity index (χ0) is 16.1. The number of aromatic nitrogens is 3. The van der Waals surface area contributed by atoms with Crippen molar-refractivity contribution < 1.29 is 9.32 Å². The fourth-order valence-corrected chi connectivity index (χ4v) is 2.10. The third kappa shape index (κ3) is 4.42. The molecule has 1 amide bonds. The summed E-state index contributed by atoms with van der Waals surface area (Å²) in [6, 6.07) is 2.12. The summed E-state index contributed by atoms with van der Waals surface area (Å²) in [6.45, 7) is 8.58. The van der Waals surface area contributed by atoms with Crippen molar-refractivity contribution in [3.8, 4) is 0 Å². The Hall–Kier alpha value is -2.15. The van der Waals surface area contributed by atoms with Gasteiger partial charge in [0.05, 0.1) is 12.2 Å². The summed E-state index contributed by atoms with van der Waals surface area (Å²) >= 11 is 0. The fourth-order valence-electron chi connectivity index (χ4n) is 2.10. The van der Waals surface area contributed by atoms with Gasteiger partial charge in [0, 0.05) is 31.3 Å². The van der Waals surface area contributed by atoms with Crippen LogP contribution in [0, 0.1) is 13.8 Å². The molecule has 22 heavy (non-hydrogen) atoms. The average Bonchev–Trinajstić information content (AvgIpc) is 3.06. The monoisotopic (exact) mass is 305 g/mol. The van der Waals surface area contributed by atoms with Crippen LogP contribution in [0.2, 0.25) is 0 Å². The number of nitrogens with one attached hydrogen (secondary N) is 2. The molecule has 0 bridgehead atoms. The Kier molecular flexibility index (Phi) is 5.32. The first-order valence-electron chi connectivity index (χ1n) is 7.43. The summed E-state index contributed by atoms with van der Waals surface area (Å²) < 4.78 is 6.84. The molecule has 0 aromatic carbocycles. The molecule has 2 rings (SSSR count). The largest absolute Gasteiger partial charge is 0.360 e. The quantitative estimate of drug-likeness (QED) is 0.818. The second-order valence-corrected chi connectivity index (χ2v) is 5.60. The predicted octanol–water partition coefficient (Wildman–Crippen LogP) is 2.06. The van der Waals surface area contributed by atoms with Gasteiger partial charge in [-0.1, -0.05) is 5.16 Å². The second kappa shape index (κ2) is 7.22. The fraction of sp³-hybridized carbons (Fsp3) is 0.533. The minimum absolute atomic E-state index is 0.0874. The summed E-state index contributed by atoms with van der Waals surface area (Å²) in [4.78, 5) is 11.8. The molecule has 7 nitrogen and oxygen atoms in total. The lowest BCUT2D eigenvalue weighted by molar-refractivity contribution is -0.116. The molecule has 0 saturated heterocycles. The molecule has 0 fully saturated rings. The van der Waals surface area contributed by atoms with Crippen molar-refractivity contribution in [1.82, 2.24) is 20.3 Å². The smallest absolute Gasteiger partial charge is 0.226 e. The lowest BCUT2D eigenvalue weighted by Crippen LogP contribution is -2.35. The zero-order valence-electron chi connectivity index (χ0n) is 13.5. The van der Waals surface area contributed by atoms with E-state index < -0.39 is 0 Å². The van der Waals surface area contributed by atoms with Gasteiger partial charge in [0.25, 0.3) is 0 Å². The van der Waals surface area contributed by atoms with Crippen LogP contribution < -0.4 is 10.6 Å². The molecule has 0 radical (unpaired) electrons. The summed E-state index contributed by atoms with van der Waals surface area (Å²) in [6.07, 6.45) is 4.24. The Bertz CT molecular complexity index is 619. The van der Waals surface area contributed by atoms with Gasteiger partial charge in [-0.25, -0.2) is 0 Å². The van der Waals surface area contributed by atoms with E-state index in [1.807, 2.05) is 24.0 Å². The van der Waals surface area contributed by atoms with Crippen molar-refractivity contribution in [2.75, 3.05) is 11.9 Å². The van der Waals surface area contributed by atoms with E-state index >= 15 is 0 Å². The zero-order valence-corrected chi connectivity index (χ0v) is 13.5. The van der Waals surface area contributed by atoms with Crippen LogP contribution in [0.4, 0.5) is 5.82 Å². The average molecular weight is 305 g/mol. The molecule has 2 N–H and O–H groups in total. The highest BCUT2D eigenvalue weighted by atomic mass is 16.5. The molecule has 2 aromatic heterocycles. The van der Waals surface area contributed by atoms with Crippen LogP contribution in [-0.2, 0) is 4.79 Å². The van der Waals surface area contributed by atoms with Crippen molar-refractivity contribution in [3.05, 3.63) is 29.8 Å². The molecule has 0 aliphatic heterocycles. The van der Waals surface area contributed by atoms with Gasteiger partial charge in [-0.3, -0.25) is 9.48 Å². The Morgan fingerprint density at radius 1 is 1.41 bits per heavy atom. The number of carbonyl (C=O) groups excluding carboxylic acids is 1. The maximum absolute atomic E-state index is 11.8. The highest BCUT2D eigenvalue weighted by Crippen LogP contribution is 2.11. The molecule has 0 unspecified atom stereocenters. The Balaban J connectivity index is 1.72. The molecule has 0 aliphatic rings. The molecule has 7 heteroatoms. The van der Waals surface area contributed by atoms with Gasteiger partial charge in [0.2, 0.25) is 5.91 Å². The van der Waals surface area contributed by atoms with Gasteiger partial charge in [-0.05, 0) is 33.3 Å². The Morgan fingerprint density at radius 3 is 2.77 bits per heavy atom. The highest BCUT2D eigenvalue weighted by Gasteiger charge is 2.14. The van der Waals surface area contributed by atoms with E-state index in [-0.39, 0.29) is 18.0 Å². The van der Waals surface area contributed by atoms with Crippen molar-refractivity contribution >= 4 is 11.7 Å². The highest BCUT2D eigenvalue weighted by molar-refractivity contribution is 5.89. The SMILES string of the molecule is Cc1cnn([C@@H](C)[C@H](C)NCCC(=O)Nc2cc(C)on2)c1. The number of amides is 1. The molecule has 2 atom stereocenters. The molecule has 0 aliphatic carbocycles. The summed E-state index contributed by atoms with van der Waals surface area (Å²) in [5.74, 6) is 1.04. The van der Waals surface area contributed by atoms with Crippen LogP contribution in [-0.4, -0.2) is 33.4 Å². The van der Waals surface area contributed by atoms with Crippen LogP contribution >= 0.6 is 0 Å². The molecule has 0 saturated carbocycles. The van der Waals surface area contributed by atoms with Gasteiger partial charge in [-0.2, -0.15) is 5.10 Å². The standard InChI is InChI=1S/C15H23N5O2/c1-10-8-17-20(9-10)13(4)12(3)16-6-5-15(21)18-14-7-11(2)22-19-14/h7-9,12-13,16H,5-6H2,1-4H3,(H,18,19,21)/t12-,13-/m0/s1. The third-order valence-electron chi connectivity index (χ3n) is 3.59.